The molecule has 3 aromatic rings. The molecule has 184 valence electrons. The van der Waals surface area contributed by atoms with Crippen LogP contribution < -0.4 is 9.47 Å². The number of hydrogen-bond donors (Lipinski definition) is 0. The van der Waals surface area contributed by atoms with Gasteiger partial charge in [-0.05, 0) is 74.1 Å². The number of ether oxygens (including phenoxy) is 4. The molecule has 0 aliphatic heterocycles. The zero-order valence-corrected chi connectivity index (χ0v) is 21.1. The molecular formula is C30H34O5. The lowest BCUT2D eigenvalue weighted by Gasteiger charge is -2.36. The molecule has 4 rings (SSSR count). The maximum Gasteiger partial charge on any atom is 0.309 e. The zero-order chi connectivity index (χ0) is 25.1. The highest BCUT2D eigenvalue weighted by Crippen LogP contribution is 2.46. The van der Waals surface area contributed by atoms with Gasteiger partial charge in [-0.2, -0.15) is 0 Å². The van der Waals surface area contributed by atoms with Gasteiger partial charge in [-0.3, -0.25) is 4.79 Å². The van der Waals surface area contributed by atoms with E-state index in [0.717, 1.165) is 34.6 Å². The van der Waals surface area contributed by atoms with Crippen LogP contribution in [0.3, 0.4) is 0 Å². The molecule has 2 atom stereocenters. The average molecular weight is 475 g/mol. The van der Waals surface area contributed by atoms with Crippen molar-refractivity contribution in [2.45, 2.75) is 38.4 Å². The van der Waals surface area contributed by atoms with Gasteiger partial charge in [0.15, 0.2) is 0 Å². The van der Waals surface area contributed by atoms with Crippen LogP contribution in [0, 0.1) is 11.8 Å². The number of hydrogen-bond acceptors (Lipinski definition) is 5. The third-order valence-corrected chi connectivity index (χ3v) is 6.32. The van der Waals surface area contributed by atoms with Crippen molar-refractivity contribution in [3.8, 4) is 11.5 Å². The van der Waals surface area contributed by atoms with Gasteiger partial charge in [0, 0.05) is 0 Å². The van der Waals surface area contributed by atoms with Crippen LogP contribution in [0.15, 0.2) is 78.9 Å². The van der Waals surface area contributed by atoms with E-state index in [4.69, 9.17) is 18.9 Å². The molecule has 0 radical (unpaired) electrons. The average Bonchev–Trinajstić information content (AvgIpc) is 3.65. The molecule has 1 aliphatic rings. The number of carbonyl (C=O) groups is 1. The SMILES string of the molecule is COc1ccc(C(OCC2CC2C(=O)OC(C)(C)C)(c2ccccc2)c2ccc(OC)cc2)cc1. The predicted molar refractivity (Wildman–Crippen MR) is 136 cm³/mol. The highest BCUT2D eigenvalue weighted by Gasteiger charge is 2.48. The topological polar surface area (TPSA) is 54.0 Å². The van der Waals surface area contributed by atoms with Crippen molar-refractivity contribution in [3.63, 3.8) is 0 Å². The van der Waals surface area contributed by atoms with Gasteiger partial charge in [0.25, 0.3) is 0 Å². The minimum absolute atomic E-state index is 0.115. The number of rotatable bonds is 9. The summed E-state index contributed by atoms with van der Waals surface area (Å²) in [5.41, 5.74) is 1.59. The minimum atomic E-state index is -0.874. The van der Waals surface area contributed by atoms with Gasteiger partial charge >= 0.3 is 5.97 Å². The second-order valence-corrected chi connectivity index (χ2v) is 9.95. The molecule has 5 nitrogen and oxygen atoms in total. The van der Waals surface area contributed by atoms with Gasteiger partial charge in [0.2, 0.25) is 0 Å². The van der Waals surface area contributed by atoms with Gasteiger partial charge in [0.1, 0.15) is 22.7 Å². The fourth-order valence-corrected chi connectivity index (χ4v) is 4.40. The highest BCUT2D eigenvalue weighted by molar-refractivity contribution is 5.76. The maximum atomic E-state index is 12.6. The number of esters is 1. The quantitative estimate of drug-likeness (QED) is 0.282. The summed E-state index contributed by atoms with van der Waals surface area (Å²) >= 11 is 0. The molecule has 1 aliphatic carbocycles. The van der Waals surface area contributed by atoms with Crippen molar-refractivity contribution in [1.82, 2.24) is 0 Å². The summed E-state index contributed by atoms with van der Waals surface area (Å²) in [6, 6.07) is 26.1. The Morgan fingerprint density at radius 3 is 1.71 bits per heavy atom. The van der Waals surface area contributed by atoms with E-state index in [2.05, 4.69) is 12.1 Å². The Morgan fingerprint density at radius 1 is 0.771 bits per heavy atom. The normalized spacial score (nSPS) is 17.5. The molecule has 2 unspecified atom stereocenters. The number of methoxy groups -OCH3 is 2. The molecule has 0 bridgehead atoms. The van der Waals surface area contributed by atoms with E-state index in [1.807, 2.05) is 87.5 Å². The van der Waals surface area contributed by atoms with Crippen LogP contribution in [0.2, 0.25) is 0 Å². The first-order chi connectivity index (χ1) is 16.8. The highest BCUT2D eigenvalue weighted by atomic mass is 16.6. The molecule has 0 aromatic heterocycles. The molecule has 5 heteroatoms. The Bertz CT molecular complexity index is 1070. The molecule has 0 heterocycles. The van der Waals surface area contributed by atoms with Crippen LogP contribution in [-0.2, 0) is 19.9 Å². The molecule has 1 fully saturated rings. The van der Waals surface area contributed by atoms with Crippen molar-refractivity contribution >= 4 is 5.97 Å². The predicted octanol–water partition coefficient (Wildman–Crippen LogP) is 5.99. The Kier molecular flexibility index (Phi) is 7.18. The van der Waals surface area contributed by atoms with Crippen LogP contribution in [0.5, 0.6) is 11.5 Å². The second-order valence-electron chi connectivity index (χ2n) is 9.95. The molecule has 0 amide bonds. The van der Waals surface area contributed by atoms with Crippen molar-refractivity contribution in [1.29, 1.82) is 0 Å². The summed E-state index contributed by atoms with van der Waals surface area (Å²) < 4.78 is 23.3. The van der Waals surface area contributed by atoms with Crippen LogP contribution >= 0.6 is 0 Å². The van der Waals surface area contributed by atoms with Crippen LogP contribution in [-0.4, -0.2) is 32.4 Å². The summed E-state index contributed by atoms with van der Waals surface area (Å²) in [4.78, 5) is 12.6. The molecule has 35 heavy (non-hydrogen) atoms. The lowest BCUT2D eigenvalue weighted by atomic mass is 9.80. The van der Waals surface area contributed by atoms with E-state index >= 15 is 0 Å². The minimum Gasteiger partial charge on any atom is -0.497 e. The Morgan fingerprint density at radius 2 is 1.26 bits per heavy atom. The molecule has 1 saturated carbocycles. The third kappa shape index (κ3) is 5.51. The lowest BCUT2D eigenvalue weighted by molar-refractivity contribution is -0.157. The fourth-order valence-electron chi connectivity index (χ4n) is 4.40. The van der Waals surface area contributed by atoms with Crippen molar-refractivity contribution in [3.05, 3.63) is 95.6 Å². The molecular weight excluding hydrogens is 440 g/mol. The van der Waals surface area contributed by atoms with Crippen LogP contribution in [0.1, 0.15) is 43.9 Å². The second kappa shape index (κ2) is 10.1. The monoisotopic (exact) mass is 474 g/mol. The van der Waals surface area contributed by atoms with E-state index in [9.17, 15) is 4.79 Å². The fraction of sp³-hybridized carbons (Fsp3) is 0.367. The van der Waals surface area contributed by atoms with E-state index < -0.39 is 11.2 Å². The van der Waals surface area contributed by atoms with E-state index in [0.29, 0.717) is 6.61 Å². The van der Waals surface area contributed by atoms with Gasteiger partial charge < -0.3 is 18.9 Å². The van der Waals surface area contributed by atoms with Gasteiger partial charge in [-0.25, -0.2) is 0 Å². The summed E-state index contributed by atoms with van der Waals surface area (Å²) in [7, 11) is 3.31. The Labute approximate surface area is 208 Å². The van der Waals surface area contributed by atoms with Crippen LogP contribution in [0.4, 0.5) is 0 Å². The first kappa shape index (κ1) is 24.8. The van der Waals surface area contributed by atoms with Gasteiger partial charge in [-0.1, -0.05) is 54.6 Å². The van der Waals surface area contributed by atoms with Gasteiger partial charge in [0.05, 0.1) is 26.7 Å². The van der Waals surface area contributed by atoms with E-state index in [-0.39, 0.29) is 17.8 Å². The van der Waals surface area contributed by atoms with Crippen molar-refractivity contribution < 1.29 is 23.7 Å². The maximum absolute atomic E-state index is 12.6. The number of benzene rings is 3. The zero-order valence-electron chi connectivity index (χ0n) is 21.1. The van der Waals surface area contributed by atoms with Gasteiger partial charge in [-0.15, -0.1) is 0 Å². The standard InChI is InChI=1S/C30H34O5/c1-29(2,3)35-28(31)27-19-21(27)20-34-30(22-9-7-6-8-10-22,23-11-15-25(32-4)16-12-23)24-13-17-26(33-5)18-14-24/h6-18,21,27H,19-20H2,1-5H3. The molecule has 0 N–H and O–H groups in total. The van der Waals surface area contributed by atoms with Crippen LogP contribution in [0.25, 0.3) is 0 Å². The third-order valence-electron chi connectivity index (χ3n) is 6.32. The summed E-state index contributed by atoms with van der Waals surface area (Å²) in [6.45, 7) is 6.11. The largest absolute Gasteiger partial charge is 0.497 e. The first-order valence-electron chi connectivity index (χ1n) is 12.0. The van der Waals surface area contributed by atoms with Crippen molar-refractivity contribution in [2.24, 2.45) is 11.8 Å². The van der Waals surface area contributed by atoms with E-state index in [1.165, 1.54) is 0 Å². The summed E-state index contributed by atoms with van der Waals surface area (Å²) in [5.74, 6) is 1.39. The summed E-state index contributed by atoms with van der Waals surface area (Å²) in [6.07, 6.45) is 0.769. The lowest BCUT2D eigenvalue weighted by Crippen LogP contribution is -2.34. The molecule has 0 spiro atoms. The summed E-state index contributed by atoms with van der Waals surface area (Å²) in [5, 5.41) is 0. The molecule has 0 saturated heterocycles. The molecule has 3 aromatic carbocycles. The Balaban J connectivity index is 1.72. The van der Waals surface area contributed by atoms with E-state index in [1.54, 1.807) is 14.2 Å². The van der Waals surface area contributed by atoms with Crippen molar-refractivity contribution in [2.75, 3.05) is 20.8 Å². The first-order valence-corrected chi connectivity index (χ1v) is 12.0. The smallest absolute Gasteiger partial charge is 0.309 e. The number of carbonyl (C=O) groups excluding carboxylic acids is 1. The Hall–Kier alpha value is -3.31.